The lowest BCUT2D eigenvalue weighted by Gasteiger charge is -2.32. The van der Waals surface area contributed by atoms with E-state index < -0.39 is 0 Å². The molecule has 0 radical (unpaired) electrons. The average Bonchev–Trinajstić information content (AvgIpc) is 3.45. The molecule has 14 rings (SSSR count). The van der Waals surface area contributed by atoms with Gasteiger partial charge in [-0.3, -0.25) is 19.2 Å². The fourth-order valence-electron chi connectivity index (χ4n) is 13.0. The molecular weight excluding hydrogens is 933 g/mol. The topological polar surface area (TPSA) is 74.8 Å². The van der Waals surface area contributed by atoms with Crippen LogP contribution in [0.1, 0.15) is 148 Å². The van der Waals surface area contributed by atoms with E-state index >= 15 is 0 Å². The van der Waals surface area contributed by atoms with Crippen LogP contribution in [-0.2, 0) is 0 Å². The number of rotatable bonds is 6. The van der Waals surface area contributed by atoms with E-state index in [1.165, 1.54) is 20.6 Å². The van der Waals surface area contributed by atoms with Crippen molar-refractivity contribution in [3.8, 4) is 12.3 Å². The summed E-state index contributed by atoms with van der Waals surface area (Å²) < 4.78 is 0. The Morgan fingerprint density at radius 3 is 0.961 bits per heavy atom. The highest BCUT2D eigenvalue weighted by Crippen LogP contribution is 2.49. The Bertz CT molecular complexity index is 4360. The van der Waals surface area contributed by atoms with Crippen molar-refractivity contribution in [2.45, 2.75) is 79.1 Å². The van der Waals surface area contributed by atoms with Gasteiger partial charge in [0.25, 0.3) is 23.6 Å². The van der Waals surface area contributed by atoms with E-state index in [0.29, 0.717) is 22.3 Å². The largest absolute Gasteiger partial charge is 0.268 e. The highest BCUT2D eigenvalue weighted by Gasteiger charge is 2.40. The fourth-order valence-corrected chi connectivity index (χ4v) is 13.0. The Kier molecular flexibility index (Phi) is 10.5. The standard InChI is InChI=1S/C36H27NO2.C34H27NO2/c1-6-21-13-14-26-28-16-18-30-33-29(17-15-27(32(28)33)25-12-8-11-24(21)31(25)26)35(38)37(36(30)39)34-22(19(2)3)9-7-10-23(34)20(4)5;1-18(2)21-10-7-11-22(19(3)4)32(21)35-33(36)27-16-14-25-23-12-5-8-20-9-6-13-24(29(20)23)26-15-17-28(34(35)37)31(27)30(25)26/h1,7-20H,2-5H3;5-19H,1-4H3. The van der Waals surface area contributed by atoms with E-state index in [1.54, 1.807) is 0 Å². The number of amides is 4. The summed E-state index contributed by atoms with van der Waals surface area (Å²) in [6.45, 7) is 16.8. The first kappa shape index (κ1) is 46.8. The third kappa shape index (κ3) is 6.42. The van der Waals surface area contributed by atoms with Crippen LogP contribution in [0.15, 0.2) is 152 Å². The molecule has 12 aromatic carbocycles. The molecule has 0 saturated heterocycles. The Hall–Kier alpha value is -8.92. The number of hydrogen-bond donors (Lipinski definition) is 0. The van der Waals surface area contributed by atoms with Crippen molar-refractivity contribution in [2.24, 2.45) is 0 Å². The number of fused-ring (bicyclic) bond motifs is 4. The van der Waals surface area contributed by atoms with E-state index in [0.717, 1.165) is 115 Å². The summed E-state index contributed by atoms with van der Waals surface area (Å²) in [5, 5.41) is 16.7. The van der Waals surface area contributed by atoms with Gasteiger partial charge in [-0.25, -0.2) is 9.80 Å². The van der Waals surface area contributed by atoms with Crippen LogP contribution in [0.4, 0.5) is 11.4 Å². The number of nitrogens with zero attached hydrogens (tertiary/aromatic N) is 2. The summed E-state index contributed by atoms with van der Waals surface area (Å²) in [5.74, 6) is 2.45. The van der Waals surface area contributed by atoms with Gasteiger partial charge in [0, 0.05) is 38.6 Å². The third-order valence-electron chi connectivity index (χ3n) is 16.4. The van der Waals surface area contributed by atoms with Crippen molar-refractivity contribution in [1.82, 2.24) is 0 Å². The van der Waals surface area contributed by atoms with Crippen LogP contribution in [0.2, 0.25) is 0 Å². The maximum atomic E-state index is 14.3. The van der Waals surface area contributed by atoms with Crippen LogP contribution >= 0.6 is 0 Å². The third-order valence-corrected chi connectivity index (χ3v) is 16.4. The van der Waals surface area contributed by atoms with Gasteiger partial charge in [-0.2, -0.15) is 0 Å². The Morgan fingerprint density at radius 1 is 0.316 bits per heavy atom. The maximum absolute atomic E-state index is 14.3. The molecule has 0 fully saturated rings. The van der Waals surface area contributed by atoms with Crippen LogP contribution in [0.5, 0.6) is 0 Å². The summed E-state index contributed by atoms with van der Waals surface area (Å²) in [7, 11) is 0. The van der Waals surface area contributed by atoms with Gasteiger partial charge in [-0.15, -0.1) is 6.42 Å². The van der Waals surface area contributed by atoms with Gasteiger partial charge in [-0.1, -0.05) is 183 Å². The van der Waals surface area contributed by atoms with Crippen molar-refractivity contribution in [3.63, 3.8) is 0 Å². The van der Waals surface area contributed by atoms with Crippen LogP contribution in [0.3, 0.4) is 0 Å². The molecule has 2 heterocycles. The van der Waals surface area contributed by atoms with Gasteiger partial charge in [0.2, 0.25) is 0 Å². The van der Waals surface area contributed by atoms with Crippen LogP contribution < -0.4 is 9.80 Å². The van der Waals surface area contributed by atoms with E-state index in [4.69, 9.17) is 6.42 Å². The number of imide groups is 2. The first-order chi connectivity index (χ1) is 36.7. The SMILES string of the molecule is C#Cc1ccc2c3ccc4c5c(ccc(c6cccc1c62)c53)C(=O)N(c1c(C(C)C)cccc1C(C)C)C4=O.CC(C)c1cccc(C(C)C)c1N1C(=O)c2ccc3c4cccc5cccc(c6ccc(c2c36)C1=O)c54. The summed E-state index contributed by atoms with van der Waals surface area (Å²) in [6.07, 6.45) is 5.83. The molecule has 368 valence electrons. The molecule has 0 bridgehead atoms. The highest BCUT2D eigenvalue weighted by atomic mass is 16.2. The van der Waals surface area contributed by atoms with Crippen LogP contribution in [0.25, 0.3) is 86.2 Å². The van der Waals surface area contributed by atoms with Crippen molar-refractivity contribution in [3.05, 3.63) is 202 Å². The molecular formula is C70H54N2O4. The predicted molar refractivity (Wildman–Crippen MR) is 315 cm³/mol. The normalized spacial score (nSPS) is 13.8. The zero-order valence-corrected chi connectivity index (χ0v) is 43.8. The lowest BCUT2D eigenvalue weighted by atomic mass is 9.83. The molecule has 0 unspecified atom stereocenters. The van der Waals surface area contributed by atoms with Gasteiger partial charge in [0.05, 0.1) is 11.4 Å². The van der Waals surface area contributed by atoms with Crippen molar-refractivity contribution in [1.29, 1.82) is 0 Å². The van der Waals surface area contributed by atoms with Gasteiger partial charge >= 0.3 is 0 Å². The molecule has 0 spiro atoms. The molecule has 0 aliphatic carbocycles. The molecule has 0 N–H and O–H groups in total. The Labute approximate surface area is 441 Å². The maximum Gasteiger partial charge on any atom is 0.266 e. The van der Waals surface area contributed by atoms with Crippen molar-refractivity contribution in [2.75, 3.05) is 9.80 Å². The monoisotopic (exact) mass is 986 g/mol. The summed E-state index contributed by atoms with van der Waals surface area (Å²) >= 11 is 0. The molecule has 2 aliphatic heterocycles. The zero-order chi connectivity index (χ0) is 52.7. The lowest BCUT2D eigenvalue weighted by molar-refractivity contribution is 0.0877. The quantitative estimate of drug-likeness (QED) is 0.0720. The molecule has 2 aliphatic rings. The van der Waals surface area contributed by atoms with Crippen molar-refractivity contribution >= 4 is 121 Å². The van der Waals surface area contributed by atoms with E-state index in [1.807, 2.05) is 84.9 Å². The number of anilines is 2. The van der Waals surface area contributed by atoms with E-state index in [9.17, 15) is 19.2 Å². The summed E-state index contributed by atoms with van der Waals surface area (Å²) in [4.78, 5) is 59.9. The van der Waals surface area contributed by atoms with Crippen molar-refractivity contribution < 1.29 is 19.2 Å². The minimum absolute atomic E-state index is 0.154. The minimum atomic E-state index is -0.266. The molecule has 12 aromatic rings. The molecule has 0 saturated carbocycles. The first-order valence-electron chi connectivity index (χ1n) is 26.5. The second-order valence-corrected chi connectivity index (χ2v) is 22.0. The summed E-state index contributed by atoms with van der Waals surface area (Å²) in [6, 6.07) is 51.0. The van der Waals surface area contributed by atoms with Gasteiger partial charge in [0.1, 0.15) is 0 Å². The molecule has 0 atom stereocenters. The molecule has 0 aromatic heterocycles. The van der Waals surface area contributed by atoms with Gasteiger partial charge in [0.15, 0.2) is 0 Å². The van der Waals surface area contributed by atoms with E-state index in [2.05, 4.69) is 128 Å². The Balaban J connectivity index is 0.000000146. The van der Waals surface area contributed by atoms with Crippen LogP contribution in [0, 0.1) is 12.3 Å². The van der Waals surface area contributed by atoms with Gasteiger partial charge < -0.3 is 0 Å². The number of para-hydroxylation sites is 2. The summed E-state index contributed by atoms with van der Waals surface area (Å²) in [5.41, 5.74) is 8.68. The van der Waals surface area contributed by atoms with Crippen LogP contribution in [-0.4, -0.2) is 23.6 Å². The second kappa shape index (κ2) is 17.1. The number of hydrogen-bond acceptors (Lipinski definition) is 4. The number of terminal acetylenes is 1. The molecule has 6 nitrogen and oxygen atoms in total. The van der Waals surface area contributed by atoms with E-state index in [-0.39, 0.29) is 47.3 Å². The second-order valence-electron chi connectivity index (χ2n) is 22.0. The fraction of sp³-hybridized carbons (Fsp3) is 0.171. The lowest BCUT2D eigenvalue weighted by Crippen LogP contribution is -2.41. The number of carbonyl (C=O) groups is 4. The zero-order valence-electron chi connectivity index (χ0n) is 43.8. The average molecular weight is 987 g/mol. The smallest absolute Gasteiger partial charge is 0.266 e. The number of carbonyl (C=O) groups excluding carboxylic acids is 4. The van der Waals surface area contributed by atoms with Gasteiger partial charge in [-0.05, 0) is 152 Å². The first-order valence-corrected chi connectivity index (χ1v) is 26.5. The molecule has 4 amide bonds. The molecule has 76 heavy (non-hydrogen) atoms. The minimum Gasteiger partial charge on any atom is -0.268 e. The molecule has 6 heteroatoms. The number of benzene rings is 12. The predicted octanol–water partition coefficient (Wildman–Crippen LogP) is 17.6. The Morgan fingerprint density at radius 2 is 0.605 bits per heavy atom. The highest BCUT2D eigenvalue weighted by molar-refractivity contribution is 6.44.